The van der Waals surface area contributed by atoms with Crippen molar-refractivity contribution in [3.05, 3.63) is 46.9 Å². The Morgan fingerprint density at radius 2 is 2.09 bits per heavy atom. The second kappa shape index (κ2) is 6.36. The number of ether oxygens (including phenoxy) is 1. The van der Waals surface area contributed by atoms with Gasteiger partial charge in [0.1, 0.15) is 18.2 Å². The van der Waals surface area contributed by atoms with Crippen molar-refractivity contribution in [2.75, 3.05) is 13.1 Å². The van der Waals surface area contributed by atoms with Gasteiger partial charge in [-0.2, -0.15) is 0 Å². The van der Waals surface area contributed by atoms with E-state index in [-0.39, 0.29) is 24.0 Å². The van der Waals surface area contributed by atoms with E-state index in [1.165, 1.54) is 6.07 Å². The van der Waals surface area contributed by atoms with Crippen molar-refractivity contribution in [1.29, 1.82) is 0 Å². The second-order valence-electron chi connectivity index (χ2n) is 5.43. The minimum Gasteiger partial charge on any atom is -0.486 e. The molecule has 0 atom stereocenters. The molecular formula is C16H16F2N2O3. The van der Waals surface area contributed by atoms with Crippen LogP contribution in [0.1, 0.15) is 34.7 Å². The lowest BCUT2D eigenvalue weighted by Crippen LogP contribution is -2.28. The summed E-state index contributed by atoms with van der Waals surface area (Å²) >= 11 is 0. The van der Waals surface area contributed by atoms with Crippen LogP contribution in [0.4, 0.5) is 8.78 Å². The molecule has 0 bridgehead atoms. The summed E-state index contributed by atoms with van der Waals surface area (Å²) in [5.74, 6) is -1.34. The van der Waals surface area contributed by atoms with Gasteiger partial charge in [-0.1, -0.05) is 5.16 Å². The molecule has 1 saturated heterocycles. The van der Waals surface area contributed by atoms with E-state index in [2.05, 4.69) is 5.16 Å². The summed E-state index contributed by atoms with van der Waals surface area (Å²) in [5, 5.41) is 3.81. The number of halogens is 2. The lowest BCUT2D eigenvalue weighted by Gasteiger charge is -2.14. The van der Waals surface area contributed by atoms with Gasteiger partial charge in [0.05, 0.1) is 5.56 Å². The lowest BCUT2D eigenvalue weighted by molar-refractivity contribution is 0.0780. The number of nitrogens with zero attached hydrogens (tertiary/aromatic N) is 2. The molecule has 23 heavy (non-hydrogen) atoms. The van der Waals surface area contributed by atoms with Crippen molar-refractivity contribution in [2.24, 2.45) is 0 Å². The summed E-state index contributed by atoms with van der Waals surface area (Å²) in [4.78, 5) is 14.1. The highest BCUT2D eigenvalue weighted by molar-refractivity contribution is 5.94. The van der Waals surface area contributed by atoms with Crippen LogP contribution in [0.15, 0.2) is 22.7 Å². The first-order valence-corrected chi connectivity index (χ1v) is 7.38. The summed E-state index contributed by atoms with van der Waals surface area (Å²) in [5.41, 5.74) is 0.664. The van der Waals surface area contributed by atoms with E-state index in [1.54, 1.807) is 11.8 Å². The van der Waals surface area contributed by atoms with Gasteiger partial charge >= 0.3 is 0 Å². The first-order valence-electron chi connectivity index (χ1n) is 7.38. The van der Waals surface area contributed by atoms with E-state index < -0.39 is 11.6 Å². The molecule has 1 aliphatic heterocycles. The standard InChI is InChI=1S/C16H16F2N2O3/c1-10-12(9-22-14-5-4-11(17)8-13(14)18)15(19-23-10)16(21)20-6-2-3-7-20/h4-5,8H,2-3,6-7,9H2,1H3. The van der Waals surface area contributed by atoms with Crippen LogP contribution in [0, 0.1) is 18.6 Å². The fourth-order valence-electron chi connectivity index (χ4n) is 2.54. The zero-order valence-electron chi connectivity index (χ0n) is 12.6. The number of benzene rings is 1. The van der Waals surface area contributed by atoms with Gasteiger partial charge < -0.3 is 14.2 Å². The van der Waals surface area contributed by atoms with E-state index in [9.17, 15) is 13.6 Å². The third-order valence-corrected chi connectivity index (χ3v) is 3.85. The zero-order chi connectivity index (χ0) is 16.4. The predicted molar refractivity (Wildman–Crippen MR) is 77.1 cm³/mol. The summed E-state index contributed by atoms with van der Waals surface area (Å²) in [7, 11) is 0. The van der Waals surface area contributed by atoms with Crippen molar-refractivity contribution < 1.29 is 22.8 Å². The number of aromatic nitrogens is 1. The Hall–Kier alpha value is -2.44. The number of hydrogen-bond acceptors (Lipinski definition) is 4. The SMILES string of the molecule is Cc1onc(C(=O)N2CCCC2)c1COc1ccc(F)cc1F. The van der Waals surface area contributed by atoms with Crippen LogP contribution in [-0.2, 0) is 6.61 Å². The van der Waals surface area contributed by atoms with Gasteiger partial charge in [-0.15, -0.1) is 0 Å². The Labute approximate surface area is 131 Å². The molecule has 1 aromatic heterocycles. The minimum absolute atomic E-state index is 0.0766. The van der Waals surface area contributed by atoms with Gasteiger partial charge in [0.25, 0.3) is 5.91 Å². The largest absolute Gasteiger partial charge is 0.486 e. The molecule has 0 N–H and O–H groups in total. The van der Waals surface area contributed by atoms with Gasteiger partial charge in [-0.25, -0.2) is 8.78 Å². The van der Waals surface area contributed by atoms with Gasteiger partial charge in [0.2, 0.25) is 0 Å². The maximum atomic E-state index is 13.6. The number of carbonyl (C=O) groups is 1. The molecule has 1 fully saturated rings. The van der Waals surface area contributed by atoms with Gasteiger partial charge in [-0.05, 0) is 31.9 Å². The molecule has 0 saturated carbocycles. The van der Waals surface area contributed by atoms with E-state index in [0.29, 0.717) is 24.4 Å². The van der Waals surface area contributed by atoms with Crippen LogP contribution in [0.2, 0.25) is 0 Å². The third-order valence-electron chi connectivity index (χ3n) is 3.85. The van der Waals surface area contributed by atoms with E-state index in [1.807, 2.05) is 0 Å². The number of hydrogen-bond donors (Lipinski definition) is 0. The maximum Gasteiger partial charge on any atom is 0.276 e. The summed E-state index contributed by atoms with van der Waals surface area (Å²) in [6.07, 6.45) is 1.93. The highest BCUT2D eigenvalue weighted by atomic mass is 19.1. The van der Waals surface area contributed by atoms with Crippen LogP contribution in [0.5, 0.6) is 5.75 Å². The number of amides is 1. The highest BCUT2D eigenvalue weighted by Gasteiger charge is 2.27. The number of likely N-dealkylation sites (tertiary alicyclic amines) is 1. The molecular weight excluding hydrogens is 306 g/mol. The highest BCUT2D eigenvalue weighted by Crippen LogP contribution is 2.23. The zero-order valence-corrected chi connectivity index (χ0v) is 12.6. The third kappa shape index (κ3) is 3.18. The fourth-order valence-corrected chi connectivity index (χ4v) is 2.54. The Balaban J connectivity index is 1.77. The molecule has 0 radical (unpaired) electrons. The van der Waals surface area contributed by atoms with Crippen LogP contribution in [-0.4, -0.2) is 29.1 Å². The van der Waals surface area contributed by atoms with Gasteiger partial charge in [0.15, 0.2) is 17.3 Å². The Morgan fingerprint density at radius 3 is 2.78 bits per heavy atom. The quantitative estimate of drug-likeness (QED) is 0.868. The topological polar surface area (TPSA) is 55.6 Å². The molecule has 1 aromatic carbocycles. The van der Waals surface area contributed by atoms with E-state index in [0.717, 1.165) is 25.0 Å². The molecule has 3 rings (SSSR count). The Bertz CT molecular complexity index is 724. The molecule has 122 valence electrons. The van der Waals surface area contributed by atoms with Crippen molar-refractivity contribution in [2.45, 2.75) is 26.4 Å². The molecule has 1 amide bonds. The van der Waals surface area contributed by atoms with Crippen molar-refractivity contribution in [3.8, 4) is 5.75 Å². The molecule has 1 aliphatic rings. The van der Waals surface area contributed by atoms with Crippen molar-refractivity contribution in [3.63, 3.8) is 0 Å². The van der Waals surface area contributed by atoms with Gasteiger partial charge in [0, 0.05) is 19.2 Å². The number of rotatable bonds is 4. The number of carbonyl (C=O) groups excluding carboxylic acids is 1. The monoisotopic (exact) mass is 322 g/mol. The van der Waals surface area contributed by atoms with Crippen molar-refractivity contribution in [1.82, 2.24) is 10.1 Å². The van der Waals surface area contributed by atoms with Gasteiger partial charge in [-0.3, -0.25) is 4.79 Å². The first kappa shape index (κ1) is 15.5. The molecule has 0 unspecified atom stereocenters. The normalized spacial score (nSPS) is 14.3. The fraction of sp³-hybridized carbons (Fsp3) is 0.375. The van der Waals surface area contributed by atoms with Crippen LogP contribution >= 0.6 is 0 Å². The summed E-state index contributed by atoms with van der Waals surface area (Å²) < 4.78 is 36.9. The Morgan fingerprint density at radius 1 is 1.35 bits per heavy atom. The van der Waals surface area contributed by atoms with Crippen LogP contribution in [0.25, 0.3) is 0 Å². The summed E-state index contributed by atoms with van der Waals surface area (Å²) in [6.45, 7) is 2.97. The average Bonchev–Trinajstić information content (AvgIpc) is 3.16. The van der Waals surface area contributed by atoms with E-state index >= 15 is 0 Å². The Kier molecular flexibility index (Phi) is 4.27. The lowest BCUT2D eigenvalue weighted by atomic mass is 10.2. The average molecular weight is 322 g/mol. The summed E-state index contributed by atoms with van der Waals surface area (Å²) in [6, 6.07) is 3.05. The van der Waals surface area contributed by atoms with Crippen LogP contribution < -0.4 is 4.74 Å². The smallest absolute Gasteiger partial charge is 0.276 e. The molecule has 7 heteroatoms. The maximum absolute atomic E-state index is 13.6. The van der Waals surface area contributed by atoms with Crippen molar-refractivity contribution >= 4 is 5.91 Å². The molecule has 5 nitrogen and oxygen atoms in total. The molecule has 0 aliphatic carbocycles. The van der Waals surface area contributed by atoms with Crippen LogP contribution in [0.3, 0.4) is 0 Å². The molecule has 2 heterocycles. The second-order valence-corrected chi connectivity index (χ2v) is 5.43. The van der Waals surface area contributed by atoms with E-state index in [4.69, 9.17) is 9.26 Å². The minimum atomic E-state index is -0.800. The first-order chi connectivity index (χ1) is 11.1. The predicted octanol–water partition coefficient (Wildman–Crippen LogP) is 3.08. The molecule has 2 aromatic rings. The number of aryl methyl sites for hydroxylation is 1. The molecule has 0 spiro atoms.